The van der Waals surface area contributed by atoms with E-state index in [9.17, 15) is 9.59 Å². The van der Waals surface area contributed by atoms with Crippen LogP contribution in [0.2, 0.25) is 0 Å². The normalized spacial score (nSPS) is 11.7. The molecule has 0 aliphatic heterocycles. The molecule has 0 radical (unpaired) electrons. The van der Waals surface area contributed by atoms with E-state index in [-0.39, 0.29) is 17.8 Å². The third-order valence-corrected chi connectivity index (χ3v) is 2.09. The van der Waals surface area contributed by atoms with Crippen molar-refractivity contribution in [2.24, 2.45) is 0 Å². The monoisotopic (exact) mass is 235 g/mol. The summed E-state index contributed by atoms with van der Waals surface area (Å²) < 4.78 is 5.55. The van der Waals surface area contributed by atoms with Crippen LogP contribution < -0.4 is 10.1 Å². The van der Waals surface area contributed by atoms with Gasteiger partial charge in [-0.2, -0.15) is 0 Å². The summed E-state index contributed by atoms with van der Waals surface area (Å²) in [6.07, 6.45) is 0.257. The third-order valence-electron chi connectivity index (χ3n) is 2.09. The lowest BCUT2D eigenvalue weighted by atomic mass is 10.2. The molecule has 1 unspecified atom stereocenters. The standard InChI is InChI=1S/C13H17NO3/c1-9(15)8-10(2)17-13-6-4-12(5-7-13)14-11(3)16/h4-7,10H,8H2,1-3H3,(H,14,16). The number of Topliss-reactive ketones (excluding diaryl/α,β-unsaturated/α-hetero) is 1. The molecule has 1 aromatic rings. The van der Waals surface area contributed by atoms with Crippen molar-refractivity contribution in [1.29, 1.82) is 0 Å². The van der Waals surface area contributed by atoms with Crippen LogP contribution in [0.5, 0.6) is 5.75 Å². The molecular weight excluding hydrogens is 218 g/mol. The number of ketones is 1. The van der Waals surface area contributed by atoms with Crippen LogP contribution in [0.1, 0.15) is 27.2 Å². The number of rotatable bonds is 5. The van der Waals surface area contributed by atoms with E-state index >= 15 is 0 Å². The first-order valence-corrected chi connectivity index (χ1v) is 5.51. The van der Waals surface area contributed by atoms with Crippen LogP contribution in [0, 0.1) is 0 Å². The number of benzene rings is 1. The van der Waals surface area contributed by atoms with Crippen molar-refractivity contribution >= 4 is 17.4 Å². The smallest absolute Gasteiger partial charge is 0.221 e. The van der Waals surface area contributed by atoms with Gasteiger partial charge in [-0.1, -0.05) is 0 Å². The first kappa shape index (κ1) is 13.2. The Hall–Kier alpha value is -1.84. The number of anilines is 1. The second kappa shape index (κ2) is 6.03. The zero-order chi connectivity index (χ0) is 12.8. The van der Waals surface area contributed by atoms with E-state index in [4.69, 9.17) is 4.74 Å². The summed E-state index contributed by atoms with van der Waals surface area (Å²) in [4.78, 5) is 21.7. The molecule has 1 N–H and O–H groups in total. The van der Waals surface area contributed by atoms with Gasteiger partial charge in [0.25, 0.3) is 0 Å². The van der Waals surface area contributed by atoms with Crippen molar-refractivity contribution in [2.45, 2.75) is 33.3 Å². The Labute approximate surface area is 101 Å². The van der Waals surface area contributed by atoms with Gasteiger partial charge >= 0.3 is 0 Å². The largest absolute Gasteiger partial charge is 0.490 e. The topological polar surface area (TPSA) is 55.4 Å². The number of amides is 1. The molecule has 0 aliphatic carbocycles. The summed E-state index contributed by atoms with van der Waals surface area (Å²) in [5, 5.41) is 2.67. The number of hydrogen-bond donors (Lipinski definition) is 1. The van der Waals surface area contributed by atoms with Gasteiger partial charge in [0.05, 0.1) is 0 Å². The molecule has 0 spiro atoms. The van der Waals surface area contributed by atoms with Crippen LogP contribution in [0.3, 0.4) is 0 Å². The van der Waals surface area contributed by atoms with E-state index in [0.717, 1.165) is 5.69 Å². The highest BCUT2D eigenvalue weighted by Crippen LogP contribution is 2.17. The molecule has 4 heteroatoms. The number of nitrogens with one attached hydrogen (secondary N) is 1. The summed E-state index contributed by atoms with van der Waals surface area (Å²) in [6.45, 7) is 4.85. The highest BCUT2D eigenvalue weighted by atomic mass is 16.5. The van der Waals surface area contributed by atoms with Gasteiger partial charge in [-0.3, -0.25) is 9.59 Å². The fraction of sp³-hybridized carbons (Fsp3) is 0.385. The van der Waals surface area contributed by atoms with Crippen LogP contribution in [-0.4, -0.2) is 17.8 Å². The Bertz CT molecular complexity index is 398. The van der Waals surface area contributed by atoms with Gasteiger partial charge in [-0.05, 0) is 38.1 Å². The maximum atomic E-state index is 10.9. The Kier molecular flexibility index (Phi) is 4.69. The predicted octanol–water partition coefficient (Wildman–Crippen LogP) is 2.39. The quantitative estimate of drug-likeness (QED) is 0.852. The van der Waals surface area contributed by atoms with Crippen LogP contribution in [0.4, 0.5) is 5.69 Å². The van der Waals surface area contributed by atoms with E-state index in [1.807, 2.05) is 6.92 Å². The molecular formula is C13H17NO3. The Morgan fingerprint density at radius 2 is 1.82 bits per heavy atom. The molecule has 0 fully saturated rings. The van der Waals surface area contributed by atoms with Gasteiger partial charge in [0, 0.05) is 19.0 Å². The summed E-state index contributed by atoms with van der Waals surface area (Å²) in [7, 11) is 0. The van der Waals surface area contributed by atoms with E-state index < -0.39 is 0 Å². The average Bonchev–Trinajstić information content (AvgIpc) is 2.18. The molecule has 1 atom stereocenters. The summed E-state index contributed by atoms with van der Waals surface area (Å²) >= 11 is 0. The van der Waals surface area contributed by atoms with Crippen molar-refractivity contribution in [1.82, 2.24) is 0 Å². The van der Waals surface area contributed by atoms with Gasteiger partial charge < -0.3 is 10.1 Å². The number of hydrogen-bond acceptors (Lipinski definition) is 3. The molecule has 0 heterocycles. The van der Waals surface area contributed by atoms with Crippen molar-refractivity contribution < 1.29 is 14.3 Å². The first-order chi connectivity index (χ1) is 7.97. The lowest BCUT2D eigenvalue weighted by Gasteiger charge is -2.13. The first-order valence-electron chi connectivity index (χ1n) is 5.51. The van der Waals surface area contributed by atoms with Gasteiger partial charge in [-0.25, -0.2) is 0 Å². The van der Waals surface area contributed by atoms with E-state index in [0.29, 0.717) is 12.2 Å². The van der Waals surface area contributed by atoms with Gasteiger partial charge in [0.2, 0.25) is 5.91 Å². The zero-order valence-corrected chi connectivity index (χ0v) is 10.3. The van der Waals surface area contributed by atoms with E-state index in [1.165, 1.54) is 6.92 Å². The van der Waals surface area contributed by atoms with Crippen molar-refractivity contribution in [3.8, 4) is 5.75 Å². The molecule has 17 heavy (non-hydrogen) atoms. The minimum Gasteiger partial charge on any atom is -0.490 e. The Morgan fingerprint density at radius 1 is 1.24 bits per heavy atom. The molecule has 0 aromatic heterocycles. The van der Waals surface area contributed by atoms with Crippen LogP contribution in [-0.2, 0) is 9.59 Å². The summed E-state index contributed by atoms with van der Waals surface area (Å²) in [5.74, 6) is 0.684. The Morgan fingerprint density at radius 3 is 2.29 bits per heavy atom. The van der Waals surface area contributed by atoms with Gasteiger partial charge in [0.1, 0.15) is 17.6 Å². The lowest BCUT2D eigenvalue weighted by Crippen LogP contribution is -2.15. The maximum absolute atomic E-state index is 10.9. The van der Waals surface area contributed by atoms with Crippen molar-refractivity contribution in [3.05, 3.63) is 24.3 Å². The molecule has 1 aromatic carbocycles. The van der Waals surface area contributed by atoms with E-state index in [1.54, 1.807) is 31.2 Å². The fourth-order valence-corrected chi connectivity index (χ4v) is 1.50. The number of carbonyl (C=O) groups excluding carboxylic acids is 2. The van der Waals surface area contributed by atoms with Crippen LogP contribution >= 0.6 is 0 Å². The van der Waals surface area contributed by atoms with Crippen LogP contribution in [0.15, 0.2) is 24.3 Å². The zero-order valence-electron chi connectivity index (χ0n) is 10.3. The van der Waals surface area contributed by atoms with Crippen molar-refractivity contribution in [3.63, 3.8) is 0 Å². The minimum atomic E-state index is -0.140. The molecule has 1 amide bonds. The van der Waals surface area contributed by atoms with Crippen LogP contribution in [0.25, 0.3) is 0 Å². The third kappa shape index (κ3) is 5.15. The molecule has 0 bridgehead atoms. The summed E-state index contributed by atoms with van der Waals surface area (Å²) in [6, 6.07) is 7.05. The molecule has 0 saturated carbocycles. The second-order valence-electron chi connectivity index (χ2n) is 4.04. The number of carbonyl (C=O) groups is 2. The molecule has 0 aliphatic rings. The second-order valence-corrected chi connectivity index (χ2v) is 4.04. The SMILES string of the molecule is CC(=O)CC(C)Oc1ccc(NC(C)=O)cc1. The highest BCUT2D eigenvalue weighted by Gasteiger charge is 2.06. The highest BCUT2D eigenvalue weighted by molar-refractivity contribution is 5.88. The molecule has 0 saturated heterocycles. The maximum Gasteiger partial charge on any atom is 0.221 e. The van der Waals surface area contributed by atoms with Gasteiger partial charge in [-0.15, -0.1) is 0 Å². The predicted molar refractivity (Wildman–Crippen MR) is 66.1 cm³/mol. The summed E-state index contributed by atoms with van der Waals surface area (Å²) in [5.41, 5.74) is 0.726. The van der Waals surface area contributed by atoms with Crippen molar-refractivity contribution in [2.75, 3.05) is 5.32 Å². The minimum absolute atomic E-state index is 0.104. The molecule has 1 rings (SSSR count). The lowest BCUT2D eigenvalue weighted by molar-refractivity contribution is -0.118. The van der Waals surface area contributed by atoms with E-state index in [2.05, 4.69) is 5.32 Å². The number of ether oxygens (including phenoxy) is 1. The fourth-order valence-electron chi connectivity index (χ4n) is 1.50. The average molecular weight is 235 g/mol. The Balaban J connectivity index is 2.56. The molecule has 92 valence electrons. The van der Waals surface area contributed by atoms with Gasteiger partial charge in [0.15, 0.2) is 0 Å². The molecule has 4 nitrogen and oxygen atoms in total.